The van der Waals surface area contributed by atoms with Gasteiger partial charge in [-0.25, -0.2) is 0 Å². The highest BCUT2D eigenvalue weighted by atomic mass is 16.2. The molecule has 106 valence electrons. The van der Waals surface area contributed by atoms with Gasteiger partial charge >= 0.3 is 0 Å². The van der Waals surface area contributed by atoms with Crippen molar-refractivity contribution in [3.63, 3.8) is 0 Å². The molecule has 0 spiro atoms. The average Bonchev–Trinajstić information content (AvgIpc) is 2.37. The zero-order chi connectivity index (χ0) is 13.5. The zero-order valence-electron chi connectivity index (χ0n) is 12.1. The molecule has 1 unspecified atom stereocenters. The third-order valence-electron chi connectivity index (χ3n) is 3.64. The summed E-state index contributed by atoms with van der Waals surface area (Å²) < 4.78 is 0. The van der Waals surface area contributed by atoms with E-state index < -0.39 is 0 Å². The number of carbonyl (C=O) groups excluding carboxylic acids is 1. The minimum Gasteiger partial charge on any atom is -0.349 e. The first-order valence-electron chi connectivity index (χ1n) is 6.95. The van der Waals surface area contributed by atoms with E-state index in [2.05, 4.69) is 16.7 Å². The quantitative estimate of drug-likeness (QED) is 0.716. The fourth-order valence-corrected chi connectivity index (χ4v) is 2.41. The molecule has 0 aliphatic carbocycles. The monoisotopic (exact) mass is 256 g/mol. The zero-order valence-corrected chi connectivity index (χ0v) is 12.1. The topological polar surface area (TPSA) is 52.8 Å². The van der Waals surface area contributed by atoms with Crippen molar-refractivity contribution in [1.82, 2.24) is 14.7 Å². The van der Waals surface area contributed by atoms with Gasteiger partial charge in [-0.3, -0.25) is 9.69 Å². The summed E-state index contributed by atoms with van der Waals surface area (Å²) in [4.78, 5) is 18.3. The van der Waals surface area contributed by atoms with Crippen LogP contribution in [-0.4, -0.2) is 80.0 Å². The molecule has 0 aromatic rings. The van der Waals surface area contributed by atoms with Gasteiger partial charge in [0.15, 0.2) is 0 Å². The molecule has 1 fully saturated rings. The van der Waals surface area contributed by atoms with Crippen LogP contribution in [0.3, 0.4) is 0 Å². The van der Waals surface area contributed by atoms with E-state index >= 15 is 0 Å². The molecule has 1 aliphatic rings. The second kappa shape index (κ2) is 7.71. The maximum atomic E-state index is 11.8. The lowest BCUT2D eigenvalue weighted by molar-refractivity contribution is -0.130. The summed E-state index contributed by atoms with van der Waals surface area (Å²) in [7, 11) is 3.60. The molecule has 1 rings (SSSR count). The van der Waals surface area contributed by atoms with Crippen LogP contribution < -0.4 is 5.73 Å². The van der Waals surface area contributed by atoms with Gasteiger partial charge in [0.25, 0.3) is 0 Å². The van der Waals surface area contributed by atoms with Crippen LogP contribution in [0, 0.1) is 0 Å². The van der Waals surface area contributed by atoms with Crippen molar-refractivity contribution >= 4 is 5.91 Å². The SMILES string of the molecule is CCCN1CCN(C(CN)CC(=O)N(C)C)CC1. The second-order valence-electron chi connectivity index (χ2n) is 5.26. The smallest absolute Gasteiger partial charge is 0.223 e. The lowest BCUT2D eigenvalue weighted by Gasteiger charge is -2.39. The summed E-state index contributed by atoms with van der Waals surface area (Å²) >= 11 is 0. The minimum atomic E-state index is 0.168. The van der Waals surface area contributed by atoms with E-state index in [1.54, 1.807) is 19.0 Å². The van der Waals surface area contributed by atoms with Crippen LogP contribution in [0.25, 0.3) is 0 Å². The minimum absolute atomic E-state index is 0.168. The molecule has 0 saturated carbocycles. The summed E-state index contributed by atoms with van der Waals surface area (Å²) in [5, 5.41) is 0. The predicted molar refractivity (Wildman–Crippen MR) is 74.5 cm³/mol. The number of piperazine rings is 1. The Morgan fingerprint density at radius 1 is 1.28 bits per heavy atom. The van der Waals surface area contributed by atoms with Crippen molar-refractivity contribution in [1.29, 1.82) is 0 Å². The molecule has 1 amide bonds. The van der Waals surface area contributed by atoms with E-state index in [1.807, 2.05) is 0 Å². The van der Waals surface area contributed by atoms with E-state index in [9.17, 15) is 4.79 Å². The molecule has 5 nitrogen and oxygen atoms in total. The molecule has 2 N–H and O–H groups in total. The van der Waals surface area contributed by atoms with Crippen LogP contribution >= 0.6 is 0 Å². The number of nitrogens with zero attached hydrogens (tertiary/aromatic N) is 3. The summed E-state index contributed by atoms with van der Waals surface area (Å²) in [6.07, 6.45) is 1.75. The highest BCUT2D eigenvalue weighted by Gasteiger charge is 2.24. The maximum absolute atomic E-state index is 11.8. The van der Waals surface area contributed by atoms with Crippen molar-refractivity contribution in [2.45, 2.75) is 25.8 Å². The number of rotatable bonds is 6. The van der Waals surface area contributed by atoms with Gasteiger partial charge in [0.1, 0.15) is 0 Å². The summed E-state index contributed by atoms with van der Waals surface area (Å²) in [5.41, 5.74) is 5.82. The Morgan fingerprint density at radius 2 is 1.89 bits per heavy atom. The van der Waals surface area contributed by atoms with E-state index in [0.29, 0.717) is 13.0 Å². The van der Waals surface area contributed by atoms with Gasteiger partial charge < -0.3 is 15.5 Å². The van der Waals surface area contributed by atoms with Crippen LogP contribution in [0.1, 0.15) is 19.8 Å². The Labute approximate surface area is 111 Å². The number of nitrogens with two attached hydrogens (primary N) is 1. The molecule has 1 aliphatic heterocycles. The first-order chi connectivity index (χ1) is 8.58. The van der Waals surface area contributed by atoms with E-state index in [4.69, 9.17) is 5.73 Å². The molecule has 1 heterocycles. The number of hydrogen-bond donors (Lipinski definition) is 1. The molecular weight excluding hydrogens is 228 g/mol. The first-order valence-corrected chi connectivity index (χ1v) is 6.95. The fraction of sp³-hybridized carbons (Fsp3) is 0.923. The van der Waals surface area contributed by atoms with E-state index in [-0.39, 0.29) is 11.9 Å². The van der Waals surface area contributed by atoms with Crippen molar-refractivity contribution in [2.24, 2.45) is 5.73 Å². The molecule has 0 aromatic carbocycles. The third kappa shape index (κ3) is 4.55. The molecule has 1 saturated heterocycles. The van der Waals surface area contributed by atoms with E-state index in [0.717, 1.165) is 26.2 Å². The van der Waals surface area contributed by atoms with Gasteiger partial charge in [0.05, 0.1) is 0 Å². The Kier molecular flexibility index (Phi) is 6.60. The third-order valence-corrected chi connectivity index (χ3v) is 3.64. The van der Waals surface area contributed by atoms with Crippen molar-refractivity contribution in [3.05, 3.63) is 0 Å². The van der Waals surface area contributed by atoms with E-state index in [1.165, 1.54) is 13.0 Å². The van der Waals surface area contributed by atoms with Crippen LogP contribution in [0.2, 0.25) is 0 Å². The normalized spacial score (nSPS) is 19.8. The maximum Gasteiger partial charge on any atom is 0.223 e. The van der Waals surface area contributed by atoms with Gasteiger partial charge in [0, 0.05) is 59.3 Å². The van der Waals surface area contributed by atoms with Gasteiger partial charge in [-0.2, -0.15) is 0 Å². The summed E-state index contributed by atoms with van der Waals surface area (Å²) in [6.45, 7) is 8.21. The van der Waals surface area contributed by atoms with Crippen LogP contribution in [-0.2, 0) is 4.79 Å². The van der Waals surface area contributed by atoms with Gasteiger partial charge in [-0.15, -0.1) is 0 Å². The number of amides is 1. The van der Waals surface area contributed by atoms with Gasteiger partial charge in [-0.05, 0) is 13.0 Å². The predicted octanol–water partition coefficient (Wildman–Crippen LogP) is -0.180. The lowest BCUT2D eigenvalue weighted by atomic mass is 10.1. The Morgan fingerprint density at radius 3 is 2.33 bits per heavy atom. The highest BCUT2D eigenvalue weighted by molar-refractivity contribution is 5.76. The summed E-state index contributed by atoms with van der Waals surface area (Å²) in [6, 6.07) is 0.198. The number of carbonyl (C=O) groups is 1. The first kappa shape index (κ1) is 15.4. The molecule has 5 heteroatoms. The Hall–Kier alpha value is -0.650. The fourth-order valence-electron chi connectivity index (χ4n) is 2.41. The van der Waals surface area contributed by atoms with Crippen LogP contribution in [0.15, 0.2) is 0 Å². The molecule has 18 heavy (non-hydrogen) atoms. The van der Waals surface area contributed by atoms with Gasteiger partial charge in [0.2, 0.25) is 5.91 Å². The van der Waals surface area contributed by atoms with Crippen molar-refractivity contribution in [2.75, 3.05) is 53.4 Å². The Balaban J connectivity index is 2.40. The molecule has 1 atom stereocenters. The lowest BCUT2D eigenvalue weighted by Crippen LogP contribution is -2.53. The average molecular weight is 256 g/mol. The van der Waals surface area contributed by atoms with Crippen molar-refractivity contribution in [3.8, 4) is 0 Å². The second-order valence-corrected chi connectivity index (χ2v) is 5.26. The van der Waals surface area contributed by atoms with Crippen molar-refractivity contribution < 1.29 is 4.79 Å². The van der Waals surface area contributed by atoms with Gasteiger partial charge in [-0.1, -0.05) is 6.92 Å². The van der Waals surface area contributed by atoms with Crippen LogP contribution in [0.5, 0.6) is 0 Å². The molecule has 0 radical (unpaired) electrons. The largest absolute Gasteiger partial charge is 0.349 e. The highest BCUT2D eigenvalue weighted by Crippen LogP contribution is 2.10. The molecule has 0 aromatic heterocycles. The van der Waals surface area contributed by atoms with Crippen LogP contribution in [0.4, 0.5) is 0 Å². The standard InChI is InChI=1S/C13H28N4O/c1-4-5-16-6-8-17(9-7-16)12(11-14)10-13(18)15(2)3/h12H,4-11,14H2,1-3H3. The molecular formula is C13H28N4O. The Bertz CT molecular complexity index is 249. The number of hydrogen-bond acceptors (Lipinski definition) is 4. The summed E-state index contributed by atoms with van der Waals surface area (Å²) in [5.74, 6) is 0.168. The molecule has 0 bridgehead atoms.